The normalized spacial score (nSPS) is 40.3. The molecule has 0 aliphatic heterocycles. The van der Waals surface area contributed by atoms with Gasteiger partial charge in [0, 0.05) is 24.5 Å². The maximum atomic E-state index is 13.5. The van der Waals surface area contributed by atoms with Crippen molar-refractivity contribution in [1.29, 1.82) is 0 Å². The molecule has 3 unspecified atom stereocenters. The highest BCUT2D eigenvalue weighted by Gasteiger charge is 2.66. The Balaban J connectivity index is 1.42. The number of fused-ring (bicyclic) bond motifs is 7. The van der Waals surface area contributed by atoms with E-state index in [0.29, 0.717) is 43.5 Å². The number of nitrogens with one attached hydrogen (secondary N) is 1. The van der Waals surface area contributed by atoms with Crippen molar-refractivity contribution < 1.29 is 28.9 Å². The SMILES string of the molecule is COBN[C@@]12CCC3[C@H](CCC4[C@@]3(C)CCC3C(C)(C)[C@@H](OC(=O)C(C)(C)CC(=O)O)CC[C@@]34C)C1=C(C(C)C)C(=O)C2. The predicted molar refractivity (Wildman–Crippen MR) is 168 cm³/mol. The summed E-state index contributed by atoms with van der Waals surface area (Å²) in [4.78, 5) is 38.1. The highest BCUT2D eigenvalue weighted by Crippen LogP contribution is 2.72. The van der Waals surface area contributed by atoms with Crippen molar-refractivity contribution in [3.63, 3.8) is 0 Å². The number of ether oxygens (including phenoxy) is 1. The minimum atomic E-state index is -1.05. The van der Waals surface area contributed by atoms with Crippen molar-refractivity contribution in [3.8, 4) is 0 Å². The van der Waals surface area contributed by atoms with Gasteiger partial charge in [-0.3, -0.25) is 14.4 Å². The minimum Gasteiger partial charge on any atom is -0.481 e. The van der Waals surface area contributed by atoms with Gasteiger partial charge in [0.2, 0.25) is 0 Å². The molecule has 2 N–H and O–H groups in total. The number of carbonyl (C=O) groups is 3. The summed E-state index contributed by atoms with van der Waals surface area (Å²) in [6.07, 6.45) is 8.66. The summed E-state index contributed by atoms with van der Waals surface area (Å²) in [6.45, 7) is 17.4. The van der Waals surface area contributed by atoms with Crippen molar-refractivity contribution in [1.82, 2.24) is 5.23 Å². The fourth-order valence-electron chi connectivity index (χ4n) is 11.6. The Hall–Kier alpha value is -1.67. The van der Waals surface area contributed by atoms with Gasteiger partial charge in [-0.15, -0.1) is 0 Å². The summed E-state index contributed by atoms with van der Waals surface area (Å²) in [6, 6.07) is 0. The molecule has 5 rings (SSSR count). The van der Waals surface area contributed by atoms with Gasteiger partial charge in [0.05, 0.1) is 11.8 Å². The van der Waals surface area contributed by atoms with Crippen LogP contribution in [0, 0.1) is 51.2 Å². The molecule has 0 heterocycles. The van der Waals surface area contributed by atoms with Crippen LogP contribution in [0.5, 0.6) is 0 Å². The summed E-state index contributed by atoms with van der Waals surface area (Å²) < 4.78 is 11.7. The lowest BCUT2D eigenvalue weighted by Crippen LogP contribution is -2.64. The second kappa shape index (κ2) is 11.0. The van der Waals surface area contributed by atoms with Gasteiger partial charge in [-0.2, -0.15) is 0 Å². The Morgan fingerprint density at radius 3 is 2.30 bits per heavy atom. The lowest BCUT2D eigenvalue weighted by Gasteiger charge is -2.69. The van der Waals surface area contributed by atoms with E-state index < -0.39 is 17.4 Å². The monoisotopic (exact) mass is 597 g/mol. The fraction of sp³-hybridized carbons (Fsp3) is 0.857. The van der Waals surface area contributed by atoms with Crippen LogP contribution in [0.3, 0.4) is 0 Å². The summed E-state index contributed by atoms with van der Waals surface area (Å²) in [7, 11) is 2.19. The van der Waals surface area contributed by atoms with E-state index in [0.717, 1.165) is 50.5 Å². The maximum Gasteiger partial charge on any atom is 0.361 e. The number of hydrogen-bond donors (Lipinski definition) is 2. The Labute approximate surface area is 260 Å². The number of aliphatic carboxylic acids is 1. The molecule has 4 saturated carbocycles. The first-order valence-corrected chi connectivity index (χ1v) is 16.9. The molecule has 7 nitrogen and oxygen atoms in total. The van der Waals surface area contributed by atoms with E-state index >= 15 is 0 Å². The number of carbonyl (C=O) groups excluding carboxylic acids is 2. The van der Waals surface area contributed by atoms with Crippen molar-refractivity contribution in [2.24, 2.45) is 51.2 Å². The van der Waals surface area contributed by atoms with Crippen molar-refractivity contribution >= 4 is 25.3 Å². The zero-order valence-corrected chi connectivity index (χ0v) is 28.2. The van der Waals surface area contributed by atoms with Crippen LogP contribution in [0.2, 0.25) is 0 Å². The van der Waals surface area contributed by atoms with Crippen molar-refractivity contribution in [2.75, 3.05) is 7.11 Å². The zero-order chi connectivity index (χ0) is 31.8. The molecule has 0 saturated heterocycles. The lowest BCUT2D eigenvalue weighted by molar-refractivity contribution is -0.216. The largest absolute Gasteiger partial charge is 0.481 e. The van der Waals surface area contributed by atoms with Crippen LogP contribution in [0.4, 0.5) is 0 Å². The van der Waals surface area contributed by atoms with E-state index in [9.17, 15) is 19.5 Å². The molecule has 240 valence electrons. The average Bonchev–Trinajstić information content (AvgIpc) is 3.20. The maximum absolute atomic E-state index is 13.5. The second-order valence-corrected chi connectivity index (χ2v) is 17.0. The molecular formula is C35H56BNO6. The minimum absolute atomic E-state index is 0.143. The van der Waals surface area contributed by atoms with Crippen LogP contribution in [0.25, 0.3) is 0 Å². The summed E-state index contributed by atoms with van der Waals surface area (Å²) in [5.74, 6) is 1.19. The van der Waals surface area contributed by atoms with E-state index in [4.69, 9.17) is 9.39 Å². The molecule has 5 aliphatic carbocycles. The van der Waals surface area contributed by atoms with E-state index in [1.165, 1.54) is 12.0 Å². The predicted octanol–water partition coefficient (Wildman–Crippen LogP) is 6.24. The number of esters is 1. The molecule has 0 aromatic carbocycles. The third kappa shape index (κ3) is 5.05. The number of ketones is 1. The van der Waals surface area contributed by atoms with Gasteiger partial charge in [-0.25, -0.2) is 0 Å². The Morgan fingerprint density at radius 2 is 1.67 bits per heavy atom. The summed E-state index contributed by atoms with van der Waals surface area (Å²) >= 11 is 0. The fourth-order valence-corrected chi connectivity index (χ4v) is 11.6. The quantitative estimate of drug-likeness (QED) is 0.252. The third-order valence-electron chi connectivity index (χ3n) is 13.5. The standard InChI is InChI=1S/C35H56BNO6/c1-20(2)28-23(38)18-35(37-36-42-9)17-12-22-21(29(28)35)10-11-25-33(22,7)15-13-24-32(5,6)26(14-16-34(24,25)8)43-30(41)31(3,4)19-27(39)40/h20-22,24-26,36-37H,10-19H2,1-9H3,(H,39,40)/t21-,22?,24?,25?,26-,33-,34-,35+/m0/s1. The molecular weight excluding hydrogens is 541 g/mol. The molecule has 0 aromatic heterocycles. The number of allylic oxidation sites excluding steroid dienone is 1. The highest BCUT2D eigenvalue weighted by atomic mass is 16.5. The van der Waals surface area contributed by atoms with Crippen molar-refractivity contribution in [2.45, 2.75) is 131 Å². The molecule has 43 heavy (non-hydrogen) atoms. The number of hydrogen-bond acceptors (Lipinski definition) is 6. The molecule has 0 spiro atoms. The summed E-state index contributed by atoms with van der Waals surface area (Å²) in [5, 5.41) is 13.0. The number of Topliss-reactive ketones (excluding diaryl/α,β-unsaturated/α-hetero) is 1. The molecule has 4 fully saturated rings. The third-order valence-corrected chi connectivity index (χ3v) is 13.5. The van der Waals surface area contributed by atoms with Crippen LogP contribution in [0.1, 0.15) is 120 Å². The molecule has 8 heteroatoms. The topological polar surface area (TPSA) is 102 Å². The van der Waals surface area contributed by atoms with Gasteiger partial charge in [-0.1, -0.05) is 41.5 Å². The van der Waals surface area contributed by atoms with Crippen molar-refractivity contribution in [3.05, 3.63) is 11.1 Å². The summed E-state index contributed by atoms with van der Waals surface area (Å²) in [5.41, 5.74) is 1.36. The highest BCUT2D eigenvalue weighted by molar-refractivity contribution is 6.24. The Bertz CT molecular complexity index is 1190. The van der Waals surface area contributed by atoms with Gasteiger partial charge < -0.3 is 19.7 Å². The van der Waals surface area contributed by atoms with E-state index in [-0.39, 0.29) is 40.2 Å². The first kappa shape index (κ1) is 32.7. The molecule has 0 bridgehead atoms. The molecule has 0 aromatic rings. The molecule has 0 radical (unpaired) electrons. The first-order chi connectivity index (χ1) is 19.9. The zero-order valence-electron chi connectivity index (χ0n) is 28.2. The van der Waals surface area contributed by atoms with E-state index in [2.05, 4.69) is 46.8 Å². The molecule has 8 atom stereocenters. The van der Waals surface area contributed by atoms with Crippen LogP contribution in [-0.2, 0) is 23.8 Å². The second-order valence-electron chi connectivity index (χ2n) is 17.0. The molecule has 5 aliphatic rings. The van der Waals surface area contributed by atoms with E-state index in [1.807, 2.05) is 0 Å². The first-order valence-electron chi connectivity index (χ1n) is 16.9. The Morgan fingerprint density at radius 1 is 1.00 bits per heavy atom. The smallest absolute Gasteiger partial charge is 0.361 e. The van der Waals surface area contributed by atoms with E-state index in [1.54, 1.807) is 21.0 Å². The number of carboxylic acid groups (broad SMARTS) is 1. The average molecular weight is 598 g/mol. The molecule has 0 amide bonds. The number of rotatable bonds is 8. The van der Waals surface area contributed by atoms with Gasteiger partial charge in [0.25, 0.3) is 0 Å². The van der Waals surface area contributed by atoms with Gasteiger partial charge in [0.15, 0.2) is 5.78 Å². The van der Waals surface area contributed by atoms with Crippen LogP contribution < -0.4 is 5.23 Å². The van der Waals surface area contributed by atoms with Crippen LogP contribution >= 0.6 is 0 Å². The van der Waals surface area contributed by atoms with Crippen LogP contribution in [-0.4, -0.2) is 49.2 Å². The van der Waals surface area contributed by atoms with Gasteiger partial charge >= 0.3 is 19.6 Å². The number of carboxylic acids is 1. The van der Waals surface area contributed by atoms with Gasteiger partial charge in [0.1, 0.15) is 6.10 Å². The lowest BCUT2D eigenvalue weighted by atomic mass is 9.37. The van der Waals surface area contributed by atoms with Gasteiger partial charge in [-0.05, 0) is 117 Å². The van der Waals surface area contributed by atoms with Crippen LogP contribution in [0.15, 0.2) is 11.1 Å². The Kier molecular flexibility index (Phi) is 8.37.